The summed E-state index contributed by atoms with van der Waals surface area (Å²) >= 11 is 5.29. The van der Waals surface area contributed by atoms with Crippen molar-refractivity contribution in [1.29, 1.82) is 0 Å². The van der Waals surface area contributed by atoms with Gasteiger partial charge in [-0.2, -0.15) is 0 Å². The number of carbonyl (C=O) groups excluding carboxylic acids is 1. The van der Waals surface area contributed by atoms with Crippen LogP contribution >= 0.6 is 12.2 Å². The maximum atomic E-state index is 12.7. The van der Waals surface area contributed by atoms with Crippen LogP contribution in [0.25, 0.3) is 0 Å². The number of ether oxygens (including phenoxy) is 1. The third kappa shape index (κ3) is 2.69. The van der Waals surface area contributed by atoms with E-state index in [1.165, 1.54) is 6.42 Å². The normalized spacial score (nSPS) is 26.4. The first kappa shape index (κ1) is 14.5. The van der Waals surface area contributed by atoms with Crippen molar-refractivity contribution in [3.05, 3.63) is 11.6 Å². The van der Waals surface area contributed by atoms with E-state index in [1.54, 1.807) is 4.90 Å². The lowest BCUT2D eigenvalue weighted by Gasteiger charge is -2.32. The molecule has 1 atom stereocenters. The van der Waals surface area contributed by atoms with Crippen LogP contribution in [0, 0.1) is 5.92 Å². The zero-order chi connectivity index (χ0) is 14.2. The van der Waals surface area contributed by atoms with E-state index in [2.05, 4.69) is 19.9 Å². The summed E-state index contributed by atoms with van der Waals surface area (Å²) in [4.78, 5) is 14.4. The molecule has 1 heterocycles. The largest absolute Gasteiger partial charge is 0.462 e. The molecule has 1 amide bonds. The minimum Gasteiger partial charge on any atom is -0.462 e. The summed E-state index contributed by atoms with van der Waals surface area (Å²) in [5.74, 6) is 0.359. The Kier molecular flexibility index (Phi) is 4.00. The molecule has 106 valence electrons. The van der Waals surface area contributed by atoms with Gasteiger partial charge in [-0.25, -0.2) is 0 Å². The molecular weight excluding hydrogens is 258 g/mol. The Bertz CT molecular complexity index is 426. The summed E-state index contributed by atoms with van der Waals surface area (Å²) in [6.45, 7) is 8.23. The summed E-state index contributed by atoms with van der Waals surface area (Å²) in [6, 6.07) is 0.00956. The van der Waals surface area contributed by atoms with Crippen molar-refractivity contribution < 1.29 is 9.53 Å². The van der Waals surface area contributed by atoms with Gasteiger partial charge in [0.15, 0.2) is 0 Å². The van der Waals surface area contributed by atoms with Crippen LogP contribution in [-0.4, -0.2) is 27.6 Å². The van der Waals surface area contributed by atoms with Crippen molar-refractivity contribution >= 4 is 23.3 Å². The van der Waals surface area contributed by atoms with Gasteiger partial charge in [0.1, 0.15) is 5.60 Å². The maximum absolute atomic E-state index is 12.7. The highest BCUT2D eigenvalue weighted by Crippen LogP contribution is 2.36. The molecule has 19 heavy (non-hydrogen) atoms. The lowest BCUT2D eigenvalue weighted by atomic mass is 9.88. The van der Waals surface area contributed by atoms with Crippen molar-refractivity contribution in [1.82, 2.24) is 4.90 Å². The van der Waals surface area contributed by atoms with Crippen LogP contribution in [0.1, 0.15) is 53.4 Å². The van der Waals surface area contributed by atoms with Crippen LogP contribution < -0.4 is 0 Å². The van der Waals surface area contributed by atoms with Crippen LogP contribution in [0.4, 0.5) is 0 Å². The van der Waals surface area contributed by atoms with Crippen molar-refractivity contribution in [3.63, 3.8) is 0 Å². The molecule has 0 bridgehead atoms. The minimum atomic E-state index is -0.407. The second-order valence-electron chi connectivity index (χ2n) is 6.31. The number of thiocarbonyl (C=S) groups is 1. The molecule has 1 aliphatic heterocycles. The molecule has 0 aromatic rings. The zero-order valence-corrected chi connectivity index (χ0v) is 13.0. The predicted molar refractivity (Wildman–Crippen MR) is 79.8 cm³/mol. The summed E-state index contributed by atoms with van der Waals surface area (Å²) < 4.78 is 5.76. The van der Waals surface area contributed by atoms with E-state index < -0.39 is 5.60 Å². The van der Waals surface area contributed by atoms with E-state index in [4.69, 9.17) is 17.0 Å². The van der Waals surface area contributed by atoms with Gasteiger partial charge in [0.2, 0.25) is 0 Å². The Morgan fingerprint density at radius 1 is 1.47 bits per heavy atom. The SMILES string of the molecule is CC(C)[C@@H]1N(C(=O)C2=CCCCC2)C(=S)OC1(C)C. The average molecular weight is 281 g/mol. The zero-order valence-electron chi connectivity index (χ0n) is 12.2. The van der Waals surface area contributed by atoms with Crippen LogP contribution in [0.5, 0.6) is 0 Å². The number of hydrogen-bond acceptors (Lipinski definition) is 3. The second kappa shape index (κ2) is 5.23. The molecule has 0 N–H and O–H groups in total. The van der Waals surface area contributed by atoms with Gasteiger partial charge in [-0.15, -0.1) is 0 Å². The van der Waals surface area contributed by atoms with Gasteiger partial charge in [-0.3, -0.25) is 9.69 Å². The highest BCUT2D eigenvalue weighted by atomic mass is 32.1. The number of hydrogen-bond donors (Lipinski definition) is 0. The van der Waals surface area contributed by atoms with E-state index in [9.17, 15) is 4.79 Å². The van der Waals surface area contributed by atoms with Gasteiger partial charge < -0.3 is 4.74 Å². The molecule has 0 aromatic heterocycles. The lowest BCUT2D eigenvalue weighted by Crippen LogP contribution is -2.48. The third-order valence-corrected chi connectivity index (χ3v) is 4.23. The number of nitrogens with zero attached hydrogens (tertiary/aromatic N) is 1. The number of allylic oxidation sites excluding steroid dienone is 1. The van der Waals surface area contributed by atoms with E-state index in [-0.39, 0.29) is 11.9 Å². The summed E-state index contributed by atoms with van der Waals surface area (Å²) in [5, 5.41) is 0.333. The van der Waals surface area contributed by atoms with Gasteiger partial charge in [-0.05, 0) is 57.7 Å². The third-order valence-electron chi connectivity index (χ3n) is 3.95. The molecule has 0 radical (unpaired) electrons. The molecule has 0 aromatic carbocycles. The van der Waals surface area contributed by atoms with E-state index in [0.717, 1.165) is 24.8 Å². The number of rotatable bonds is 2. The molecule has 1 saturated heterocycles. The highest BCUT2D eigenvalue weighted by molar-refractivity contribution is 7.80. The molecule has 2 aliphatic rings. The number of amides is 1. The summed E-state index contributed by atoms with van der Waals surface area (Å²) in [5.41, 5.74) is 0.497. The van der Waals surface area contributed by atoms with Crippen molar-refractivity contribution in [2.75, 3.05) is 0 Å². The minimum absolute atomic E-state index is 0.00956. The Hall–Kier alpha value is -0.900. The molecule has 0 unspecified atom stereocenters. The van der Waals surface area contributed by atoms with Gasteiger partial charge in [0, 0.05) is 5.57 Å². The van der Waals surface area contributed by atoms with Crippen LogP contribution in [0.15, 0.2) is 11.6 Å². The topological polar surface area (TPSA) is 29.5 Å². The maximum Gasteiger partial charge on any atom is 0.267 e. The smallest absolute Gasteiger partial charge is 0.267 e. The summed E-state index contributed by atoms with van der Waals surface area (Å²) in [6.07, 6.45) is 6.20. The predicted octanol–water partition coefficient (Wildman–Crippen LogP) is 3.43. The number of carbonyl (C=O) groups is 1. The monoisotopic (exact) mass is 281 g/mol. The Labute approximate surface area is 121 Å². The lowest BCUT2D eigenvalue weighted by molar-refractivity contribution is -0.126. The first-order valence-electron chi connectivity index (χ1n) is 7.10. The molecule has 0 saturated carbocycles. The standard InChI is InChI=1S/C15H23NO2S/c1-10(2)12-15(3,4)18-14(19)16(12)13(17)11-8-6-5-7-9-11/h8,10,12H,5-7,9H2,1-4H3/t12-/m0/s1. The second-order valence-corrected chi connectivity index (χ2v) is 6.66. The first-order valence-corrected chi connectivity index (χ1v) is 7.51. The van der Waals surface area contributed by atoms with Crippen molar-refractivity contribution in [2.45, 2.75) is 65.0 Å². The van der Waals surface area contributed by atoms with Crippen LogP contribution in [0.2, 0.25) is 0 Å². The first-order chi connectivity index (χ1) is 8.84. The van der Waals surface area contributed by atoms with Crippen molar-refractivity contribution in [2.24, 2.45) is 5.92 Å². The van der Waals surface area contributed by atoms with Gasteiger partial charge in [0.25, 0.3) is 11.1 Å². The Balaban J connectivity index is 2.28. The molecule has 3 nitrogen and oxygen atoms in total. The Morgan fingerprint density at radius 3 is 2.68 bits per heavy atom. The average Bonchev–Trinajstić information content (AvgIpc) is 2.58. The fourth-order valence-corrected chi connectivity index (χ4v) is 3.67. The van der Waals surface area contributed by atoms with Crippen molar-refractivity contribution in [3.8, 4) is 0 Å². The summed E-state index contributed by atoms with van der Waals surface area (Å²) in [7, 11) is 0. The molecule has 1 aliphatic carbocycles. The van der Waals surface area contributed by atoms with E-state index in [1.807, 2.05) is 13.8 Å². The Morgan fingerprint density at radius 2 is 2.16 bits per heavy atom. The van der Waals surface area contributed by atoms with Crippen LogP contribution in [-0.2, 0) is 9.53 Å². The molecule has 1 fully saturated rings. The van der Waals surface area contributed by atoms with Gasteiger partial charge >= 0.3 is 0 Å². The molecule has 4 heteroatoms. The van der Waals surface area contributed by atoms with Gasteiger partial charge in [-0.1, -0.05) is 19.9 Å². The van der Waals surface area contributed by atoms with E-state index >= 15 is 0 Å². The van der Waals surface area contributed by atoms with Gasteiger partial charge in [0.05, 0.1) is 6.04 Å². The fourth-order valence-electron chi connectivity index (χ4n) is 3.26. The molecule has 0 spiro atoms. The fraction of sp³-hybridized carbons (Fsp3) is 0.733. The van der Waals surface area contributed by atoms with Crippen LogP contribution in [0.3, 0.4) is 0 Å². The van der Waals surface area contributed by atoms with E-state index in [0.29, 0.717) is 11.1 Å². The highest BCUT2D eigenvalue weighted by Gasteiger charge is 2.50. The molecular formula is C15H23NO2S. The quantitative estimate of drug-likeness (QED) is 0.726. The molecule has 2 rings (SSSR count).